The van der Waals surface area contributed by atoms with Crippen molar-refractivity contribution >= 4 is 21.4 Å². The number of primary amides is 1. The van der Waals surface area contributed by atoms with E-state index in [1.807, 2.05) is 0 Å². The number of rotatable bonds is 2. The van der Waals surface area contributed by atoms with Crippen molar-refractivity contribution in [3.63, 3.8) is 0 Å². The van der Waals surface area contributed by atoms with E-state index in [9.17, 15) is 18.0 Å². The highest BCUT2D eigenvalue weighted by molar-refractivity contribution is 8.01. The molecule has 8 nitrogen and oxygen atoms in total. The van der Waals surface area contributed by atoms with Gasteiger partial charge in [0.05, 0.1) is 6.04 Å². The van der Waals surface area contributed by atoms with Crippen LogP contribution in [0.3, 0.4) is 0 Å². The molecule has 0 saturated carbocycles. The molecule has 2 heterocycles. The number of hydrogen-bond donors (Lipinski definition) is 1. The summed E-state index contributed by atoms with van der Waals surface area (Å²) in [5.41, 5.74) is 4.63. The van der Waals surface area contributed by atoms with Gasteiger partial charge in [-0.25, -0.2) is 4.79 Å². The monoisotopic (exact) mass is 249 g/mol. The standard InChI is InChI=1S/C7H11N3O5S/c8-6(11)16(13,14)15-10-5-2-1-3-9(4-5)7(10)12/h5H,1-4H2,(H2,8,11). The lowest BCUT2D eigenvalue weighted by molar-refractivity contribution is -0.0197. The Kier molecular flexibility index (Phi) is 2.50. The van der Waals surface area contributed by atoms with Crippen LogP contribution in [-0.4, -0.2) is 48.8 Å². The van der Waals surface area contributed by atoms with Crippen molar-refractivity contribution in [3.8, 4) is 0 Å². The van der Waals surface area contributed by atoms with Crippen molar-refractivity contribution in [2.24, 2.45) is 5.73 Å². The minimum Gasteiger partial charge on any atom is -0.354 e. The number of piperidine rings is 1. The van der Waals surface area contributed by atoms with Crippen molar-refractivity contribution in [2.75, 3.05) is 13.1 Å². The zero-order valence-electron chi connectivity index (χ0n) is 8.33. The van der Waals surface area contributed by atoms with Gasteiger partial charge in [-0.2, -0.15) is 13.5 Å². The highest BCUT2D eigenvalue weighted by atomic mass is 32.2. The SMILES string of the molecule is NC(=O)S(=O)(=O)ON1C(=O)N2CCCC1C2. The fourth-order valence-corrected chi connectivity index (χ4v) is 2.32. The van der Waals surface area contributed by atoms with Crippen LogP contribution in [0, 0.1) is 0 Å². The van der Waals surface area contributed by atoms with E-state index in [0.29, 0.717) is 19.5 Å². The average Bonchev–Trinajstić information content (AvgIpc) is 2.42. The van der Waals surface area contributed by atoms with Crippen LogP contribution in [0.4, 0.5) is 9.59 Å². The van der Waals surface area contributed by atoms with Crippen molar-refractivity contribution < 1.29 is 22.3 Å². The molecule has 0 aromatic rings. The number of nitrogens with two attached hydrogens (primary N) is 1. The summed E-state index contributed by atoms with van der Waals surface area (Å²) in [7, 11) is -4.54. The van der Waals surface area contributed by atoms with Gasteiger partial charge in [0.1, 0.15) is 0 Å². The first-order valence-corrected chi connectivity index (χ1v) is 6.15. The van der Waals surface area contributed by atoms with Crippen LogP contribution in [0.1, 0.15) is 12.8 Å². The summed E-state index contributed by atoms with van der Waals surface area (Å²) < 4.78 is 26.6. The van der Waals surface area contributed by atoms with E-state index in [2.05, 4.69) is 10.0 Å². The lowest BCUT2D eigenvalue weighted by Gasteiger charge is -2.20. The van der Waals surface area contributed by atoms with Gasteiger partial charge in [-0.3, -0.25) is 4.79 Å². The van der Waals surface area contributed by atoms with E-state index < -0.39 is 21.4 Å². The molecule has 1 atom stereocenters. The molecule has 1 unspecified atom stereocenters. The van der Waals surface area contributed by atoms with Crippen LogP contribution < -0.4 is 5.73 Å². The number of carbonyl (C=O) groups excluding carboxylic acids is 2. The predicted octanol–water partition coefficient (Wildman–Crippen LogP) is -0.773. The Morgan fingerprint density at radius 2 is 2.19 bits per heavy atom. The van der Waals surface area contributed by atoms with E-state index in [-0.39, 0.29) is 6.04 Å². The third kappa shape index (κ3) is 1.71. The van der Waals surface area contributed by atoms with Gasteiger partial charge in [-0.1, -0.05) is 0 Å². The highest BCUT2D eigenvalue weighted by Gasteiger charge is 2.44. The third-order valence-corrected chi connectivity index (χ3v) is 3.46. The third-order valence-electron chi connectivity index (χ3n) is 2.61. The van der Waals surface area contributed by atoms with Gasteiger partial charge in [0.25, 0.3) is 0 Å². The van der Waals surface area contributed by atoms with Crippen LogP contribution in [0.25, 0.3) is 0 Å². The second kappa shape index (κ2) is 3.59. The Bertz CT molecular complexity index is 433. The summed E-state index contributed by atoms with van der Waals surface area (Å²) in [6, 6.07) is -0.859. The summed E-state index contributed by atoms with van der Waals surface area (Å²) in [5.74, 6) is 0. The van der Waals surface area contributed by atoms with Gasteiger partial charge in [-0.15, -0.1) is 4.28 Å². The van der Waals surface area contributed by atoms with Gasteiger partial charge < -0.3 is 10.6 Å². The molecule has 16 heavy (non-hydrogen) atoms. The van der Waals surface area contributed by atoms with E-state index in [1.165, 1.54) is 4.90 Å². The largest absolute Gasteiger partial charge is 0.372 e. The summed E-state index contributed by atoms with van der Waals surface area (Å²) in [6.45, 7) is 0.999. The fraction of sp³-hybridized carbons (Fsp3) is 0.714. The molecule has 0 aliphatic carbocycles. The first-order valence-electron chi connectivity index (χ1n) is 4.74. The molecule has 2 N–H and O–H groups in total. The minimum atomic E-state index is -4.54. The molecule has 2 aliphatic heterocycles. The predicted molar refractivity (Wildman–Crippen MR) is 51.4 cm³/mol. The number of nitrogens with zero attached hydrogens (tertiary/aromatic N) is 2. The molecule has 3 amide bonds. The number of hydrogen-bond acceptors (Lipinski definition) is 5. The van der Waals surface area contributed by atoms with Crippen molar-refractivity contribution in [1.82, 2.24) is 9.96 Å². The first kappa shape index (κ1) is 11.1. The second-order valence-electron chi connectivity index (χ2n) is 3.70. The highest BCUT2D eigenvalue weighted by Crippen LogP contribution is 2.26. The van der Waals surface area contributed by atoms with Gasteiger partial charge in [0, 0.05) is 13.1 Å². The maximum Gasteiger partial charge on any atom is 0.372 e. The molecule has 2 bridgehead atoms. The zero-order valence-corrected chi connectivity index (χ0v) is 9.14. The number of amides is 3. The molecule has 0 radical (unpaired) electrons. The molecule has 2 rings (SSSR count). The number of carbonyl (C=O) groups is 2. The molecular weight excluding hydrogens is 238 g/mol. The Labute approximate surface area is 92.0 Å². The van der Waals surface area contributed by atoms with Crippen LogP contribution >= 0.6 is 0 Å². The first-order chi connectivity index (χ1) is 7.42. The molecular formula is C7H11N3O5S. The van der Waals surface area contributed by atoms with Crippen molar-refractivity contribution in [2.45, 2.75) is 18.9 Å². The normalized spacial score (nSPS) is 25.0. The maximum atomic E-state index is 11.6. The molecule has 0 spiro atoms. The summed E-state index contributed by atoms with van der Waals surface area (Å²) in [4.78, 5) is 23.6. The molecule has 0 aromatic heterocycles. The van der Waals surface area contributed by atoms with Crippen LogP contribution in [-0.2, 0) is 14.4 Å². The molecule has 9 heteroatoms. The van der Waals surface area contributed by atoms with Gasteiger partial charge in [0.2, 0.25) is 0 Å². The molecule has 2 fully saturated rings. The van der Waals surface area contributed by atoms with E-state index in [0.717, 1.165) is 11.5 Å². The molecule has 2 saturated heterocycles. The van der Waals surface area contributed by atoms with E-state index >= 15 is 0 Å². The molecule has 90 valence electrons. The van der Waals surface area contributed by atoms with Crippen molar-refractivity contribution in [1.29, 1.82) is 0 Å². The Balaban J connectivity index is 2.17. The summed E-state index contributed by atoms with van der Waals surface area (Å²) in [6.07, 6.45) is 1.43. The zero-order chi connectivity index (χ0) is 11.9. The van der Waals surface area contributed by atoms with E-state index in [4.69, 9.17) is 0 Å². The van der Waals surface area contributed by atoms with Gasteiger partial charge in [0.15, 0.2) is 0 Å². The quantitative estimate of drug-likeness (QED) is 0.690. The molecule has 2 aliphatic rings. The number of urea groups is 1. The smallest absolute Gasteiger partial charge is 0.354 e. The summed E-state index contributed by atoms with van der Waals surface area (Å²) >= 11 is 0. The van der Waals surface area contributed by atoms with Crippen LogP contribution in [0.15, 0.2) is 0 Å². The Morgan fingerprint density at radius 3 is 2.75 bits per heavy atom. The lowest BCUT2D eigenvalue weighted by Crippen LogP contribution is -2.38. The number of hydroxylamine groups is 2. The Hall–Kier alpha value is -1.35. The second-order valence-corrected chi connectivity index (χ2v) is 5.16. The van der Waals surface area contributed by atoms with Gasteiger partial charge >= 0.3 is 21.4 Å². The molecule has 0 aromatic carbocycles. The van der Waals surface area contributed by atoms with E-state index in [1.54, 1.807) is 0 Å². The van der Waals surface area contributed by atoms with Crippen LogP contribution in [0.5, 0.6) is 0 Å². The Morgan fingerprint density at radius 1 is 1.50 bits per heavy atom. The number of fused-ring (bicyclic) bond motifs is 2. The topological polar surface area (TPSA) is 110 Å². The van der Waals surface area contributed by atoms with Gasteiger partial charge in [-0.05, 0) is 12.8 Å². The maximum absolute atomic E-state index is 11.6. The summed E-state index contributed by atoms with van der Waals surface area (Å²) in [5, 5.41) is -0.871. The average molecular weight is 249 g/mol. The fourth-order valence-electron chi connectivity index (χ4n) is 1.85. The van der Waals surface area contributed by atoms with Crippen LogP contribution in [0.2, 0.25) is 0 Å². The lowest BCUT2D eigenvalue weighted by atomic mass is 10.1. The minimum absolute atomic E-state index is 0.324. The van der Waals surface area contributed by atoms with Crippen molar-refractivity contribution in [3.05, 3.63) is 0 Å².